The van der Waals surface area contributed by atoms with Gasteiger partial charge in [0.05, 0.1) is 23.2 Å². The van der Waals surface area contributed by atoms with Gasteiger partial charge in [-0.1, -0.05) is 36.4 Å². The van der Waals surface area contributed by atoms with Crippen molar-refractivity contribution in [3.8, 4) is 0 Å². The first-order chi connectivity index (χ1) is 12.3. The summed E-state index contributed by atoms with van der Waals surface area (Å²) in [5.41, 5.74) is 2.53. The van der Waals surface area contributed by atoms with Gasteiger partial charge >= 0.3 is 5.97 Å². The van der Waals surface area contributed by atoms with E-state index in [1.165, 1.54) is 37.5 Å². The summed E-state index contributed by atoms with van der Waals surface area (Å²) < 4.78 is 25.6. The molecule has 136 valence electrons. The van der Waals surface area contributed by atoms with Crippen LogP contribution in [0.2, 0.25) is 0 Å². The molecule has 0 saturated carbocycles. The minimum Gasteiger partial charge on any atom is -0.478 e. The molecule has 26 heavy (non-hydrogen) atoms. The Morgan fingerprint density at radius 1 is 1.12 bits per heavy atom. The van der Waals surface area contributed by atoms with Gasteiger partial charge in [-0.25, -0.2) is 18.6 Å². The molecule has 8 nitrogen and oxygen atoms in total. The largest absolute Gasteiger partial charge is 0.478 e. The third kappa shape index (κ3) is 4.74. The van der Waals surface area contributed by atoms with Crippen LogP contribution in [0.25, 0.3) is 0 Å². The van der Waals surface area contributed by atoms with Gasteiger partial charge in [-0.15, -0.1) is 0 Å². The summed E-state index contributed by atoms with van der Waals surface area (Å²) in [4.78, 5) is 23.1. The van der Waals surface area contributed by atoms with Crippen molar-refractivity contribution in [2.45, 2.75) is 4.90 Å². The molecule has 0 radical (unpaired) electrons. The van der Waals surface area contributed by atoms with Crippen molar-refractivity contribution in [1.82, 2.24) is 9.73 Å². The molecule has 1 amide bonds. The molecule has 0 bridgehead atoms. The average Bonchev–Trinajstić information content (AvgIpc) is 2.62. The van der Waals surface area contributed by atoms with Crippen LogP contribution in [-0.4, -0.2) is 49.5 Å². The highest BCUT2D eigenvalue weighted by Gasteiger charge is 2.22. The predicted octanol–water partition coefficient (Wildman–Crippen LogP) is 1.16. The Morgan fingerprint density at radius 2 is 1.73 bits per heavy atom. The van der Waals surface area contributed by atoms with Gasteiger partial charge in [-0.05, 0) is 18.2 Å². The molecule has 0 saturated heterocycles. The van der Waals surface area contributed by atoms with E-state index >= 15 is 0 Å². The van der Waals surface area contributed by atoms with E-state index in [4.69, 9.17) is 5.11 Å². The molecule has 0 fully saturated rings. The van der Waals surface area contributed by atoms with E-state index in [0.717, 1.165) is 4.31 Å². The number of hydrazone groups is 1. The molecule has 2 aromatic rings. The van der Waals surface area contributed by atoms with Crippen LogP contribution >= 0.6 is 0 Å². The van der Waals surface area contributed by atoms with E-state index in [1.54, 1.807) is 30.3 Å². The van der Waals surface area contributed by atoms with Crippen LogP contribution in [0.15, 0.2) is 64.6 Å². The SMILES string of the molecule is CN(CC(=O)N/N=C\c1ccccc1C(=O)O)S(=O)(=O)c1ccccc1. The molecule has 2 rings (SSSR count). The number of carbonyl (C=O) groups excluding carboxylic acids is 1. The number of nitrogens with zero attached hydrogens (tertiary/aromatic N) is 2. The Bertz CT molecular complexity index is 926. The highest BCUT2D eigenvalue weighted by molar-refractivity contribution is 7.89. The van der Waals surface area contributed by atoms with Crippen LogP contribution in [0, 0.1) is 0 Å². The van der Waals surface area contributed by atoms with Crippen molar-refractivity contribution >= 4 is 28.1 Å². The lowest BCUT2D eigenvalue weighted by Crippen LogP contribution is -2.36. The quantitative estimate of drug-likeness (QED) is 0.556. The molecule has 2 N–H and O–H groups in total. The fourth-order valence-corrected chi connectivity index (χ4v) is 3.22. The lowest BCUT2D eigenvalue weighted by atomic mass is 10.1. The fraction of sp³-hybridized carbons (Fsp3) is 0.118. The van der Waals surface area contributed by atoms with Gasteiger partial charge in [-0.2, -0.15) is 9.41 Å². The van der Waals surface area contributed by atoms with Crippen LogP contribution in [0.4, 0.5) is 0 Å². The molecule has 0 heterocycles. The van der Waals surface area contributed by atoms with Gasteiger partial charge < -0.3 is 5.11 Å². The minimum absolute atomic E-state index is 0.0364. The molecule has 0 aromatic heterocycles. The molecule has 0 aliphatic heterocycles. The maximum absolute atomic E-state index is 12.3. The molecule has 2 aromatic carbocycles. The van der Waals surface area contributed by atoms with E-state index in [9.17, 15) is 18.0 Å². The fourth-order valence-electron chi connectivity index (χ4n) is 2.07. The third-order valence-electron chi connectivity index (χ3n) is 3.40. The zero-order valence-electron chi connectivity index (χ0n) is 13.9. The smallest absolute Gasteiger partial charge is 0.336 e. The summed E-state index contributed by atoms with van der Waals surface area (Å²) in [5.74, 6) is -1.77. The Labute approximate surface area is 150 Å². The average molecular weight is 375 g/mol. The predicted molar refractivity (Wildman–Crippen MR) is 95.4 cm³/mol. The molecule has 0 spiro atoms. The molecular formula is C17H17N3O5S. The normalized spacial score (nSPS) is 11.6. The summed E-state index contributed by atoms with van der Waals surface area (Å²) in [6, 6.07) is 13.9. The summed E-state index contributed by atoms with van der Waals surface area (Å²) in [6.45, 7) is -0.435. The number of nitrogens with one attached hydrogen (secondary N) is 1. The number of amides is 1. The standard InChI is InChI=1S/C17H17N3O5S/c1-20(26(24,25)14-8-3-2-4-9-14)12-16(21)19-18-11-13-7-5-6-10-15(13)17(22)23/h2-11H,12H2,1H3,(H,19,21)(H,22,23)/b18-11-. The minimum atomic E-state index is -3.79. The lowest BCUT2D eigenvalue weighted by Gasteiger charge is -2.15. The topological polar surface area (TPSA) is 116 Å². The first-order valence-electron chi connectivity index (χ1n) is 7.48. The number of hydrogen-bond donors (Lipinski definition) is 2. The van der Waals surface area contributed by atoms with E-state index in [-0.39, 0.29) is 10.5 Å². The first-order valence-corrected chi connectivity index (χ1v) is 8.92. The molecule has 0 unspecified atom stereocenters. The summed E-state index contributed by atoms with van der Waals surface area (Å²) in [5, 5.41) is 12.8. The monoisotopic (exact) mass is 375 g/mol. The highest BCUT2D eigenvalue weighted by Crippen LogP contribution is 2.12. The van der Waals surface area contributed by atoms with Crippen molar-refractivity contribution < 1.29 is 23.1 Å². The maximum atomic E-state index is 12.3. The van der Waals surface area contributed by atoms with Crippen molar-refractivity contribution in [1.29, 1.82) is 0 Å². The second-order valence-corrected chi connectivity index (χ2v) is 7.30. The first kappa shape index (κ1) is 19.3. The second-order valence-electron chi connectivity index (χ2n) is 5.26. The van der Waals surface area contributed by atoms with Crippen LogP contribution in [0.5, 0.6) is 0 Å². The summed E-state index contributed by atoms with van der Waals surface area (Å²) in [7, 11) is -2.50. The number of benzene rings is 2. The Morgan fingerprint density at radius 3 is 2.38 bits per heavy atom. The van der Waals surface area contributed by atoms with Crippen molar-refractivity contribution in [3.05, 3.63) is 65.7 Å². The Hall–Kier alpha value is -3.04. The van der Waals surface area contributed by atoms with Gasteiger partial charge in [0.25, 0.3) is 5.91 Å². The number of carboxylic acids is 1. The number of carbonyl (C=O) groups is 2. The highest BCUT2D eigenvalue weighted by atomic mass is 32.2. The van der Waals surface area contributed by atoms with Gasteiger partial charge in [0.1, 0.15) is 0 Å². The number of aromatic carboxylic acids is 1. The Balaban J connectivity index is 2.00. The lowest BCUT2D eigenvalue weighted by molar-refractivity contribution is -0.121. The zero-order valence-corrected chi connectivity index (χ0v) is 14.7. The van der Waals surface area contributed by atoms with Gasteiger partial charge in [0.15, 0.2) is 0 Å². The molecule has 0 aliphatic carbocycles. The van der Waals surface area contributed by atoms with E-state index < -0.39 is 28.4 Å². The number of hydrogen-bond acceptors (Lipinski definition) is 5. The third-order valence-corrected chi connectivity index (χ3v) is 5.22. The maximum Gasteiger partial charge on any atom is 0.336 e. The van der Waals surface area contributed by atoms with Crippen LogP contribution in [-0.2, 0) is 14.8 Å². The zero-order chi connectivity index (χ0) is 19.2. The molecule has 0 atom stereocenters. The molecule has 0 aliphatic rings. The van der Waals surface area contributed by atoms with Crippen LogP contribution in [0.1, 0.15) is 15.9 Å². The second kappa shape index (κ2) is 8.37. The van der Waals surface area contributed by atoms with Crippen LogP contribution < -0.4 is 5.43 Å². The van der Waals surface area contributed by atoms with Crippen molar-refractivity contribution in [3.63, 3.8) is 0 Å². The van der Waals surface area contributed by atoms with E-state index in [0.29, 0.717) is 5.56 Å². The van der Waals surface area contributed by atoms with Gasteiger partial charge in [0, 0.05) is 12.6 Å². The van der Waals surface area contributed by atoms with E-state index in [1.807, 2.05) is 0 Å². The van der Waals surface area contributed by atoms with Crippen molar-refractivity contribution in [2.24, 2.45) is 5.10 Å². The molecule has 9 heteroatoms. The van der Waals surface area contributed by atoms with Gasteiger partial charge in [-0.3, -0.25) is 4.79 Å². The summed E-state index contributed by atoms with van der Waals surface area (Å²) in [6.07, 6.45) is 1.19. The molecular weight excluding hydrogens is 358 g/mol. The number of sulfonamides is 1. The van der Waals surface area contributed by atoms with Crippen LogP contribution in [0.3, 0.4) is 0 Å². The summed E-state index contributed by atoms with van der Waals surface area (Å²) >= 11 is 0. The number of likely N-dealkylation sites (N-methyl/N-ethyl adjacent to an activating group) is 1. The Kier molecular flexibility index (Phi) is 6.21. The van der Waals surface area contributed by atoms with Crippen molar-refractivity contribution in [2.75, 3.05) is 13.6 Å². The number of carboxylic acid groups (broad SMARTS) is 1. The van der Waals surface area contributed by atoms with Gasteiger partial charge in [0.2, 0.25) is 10.0 Å². The van der Waals surface area contributed by atoms with E-state index in [2.05, 4.69) is 10.5 Å². The number of rotatable bonds is 7.